The van der Waals surface area contributed by atoms with E-state index in [0.717, 1.165) is 17.5 Å². The van der Waals surface area contributed by atoms with Crippen molar-refractivity contribution in [3.63, 3.8) is 0 Å². The Labute approximate surface area is 172 Å². The number of aliphatic hydroxyl groups is 1. The number of hydrogen-bond donors (Lipinski definition) is 1. The van der Waals surface area contributed by atoms with Crippen molar-refractivity contribution < 1.29 is 19.0 Å². The molecule has 0 heterocycles. The smallest absolute Gasteiger partial charge is 0.338 e. The van der Waals surface area contributed by atoms with Gasteiger partial charge in [-0.05, 0) is 74.1 Å². The summed E-state index contributed by atoms with van der Waals surface area (Å²) in [5, 5.41) is 10.7. The first-order valence-corrected chi connectivity index (χ1v) is 10.1. The molecule has 0 amide bonds. The molecular weight excluding hydrogens is 367 g/mol. The van der Waals surface area contributed by atoms with Crippen LogP contribution in [0.4, 0.5) is 4.39 Å². The molecular formula is C25H29FO3. The van der Waals surface area contributed by atoms with E-state index < -0.39 is 6.10 Å². The van der Waals surface area contributed by atoms with Gasteiger partial charge in [0.1, 0.15) is 5.82 Å². The summed E-state index contributed by atoms with van der Waals surface area (Å²) in [6.45, 7) is 6.33. The zero-order chi connectivity index (χ0) is 21.2. The molecule has 0 aliphatic carbocycles. The van der Waals surface area contributed by atoms with Gasteiger partial charge in [-0.25, -0.2) is 9.18 Å². The molecule has 0 saturated heterocycles. The summed E-state index contributed by atoms with van der Waals surface area (Å²) in [5.41, 5.74) is 2.28. The van der Waals surface area contributed by atoms with Gasteiger partial charge in [0.25, 0.3) is 0 Å². The summed E-state index contributed by atoms with van der Waals surface area (Å²) in [5.74, 6) is 5.98. The van der Waals surface area contributed by atoms with Gasteiger partial charge in [0.05, 0.1) is 18.3 Å². The Hall–Kier alpha value is -2.64. The Morgan fingerprint density at radius 3 is 2.34 bits per heavy atom. The van der Waals surface area contributed by atoms with E-state index in [-0.39, 0.29) is 17.7 Å². The number of rotatable bonds is 8. The fraction of sp³-hybridized carbons (Fsp3) is 0.400. The monoisotopic (exact) mass is 396 g/mol. The van der Waals surface area contributed by atoms with Crippen LogP contribution >= 0.6 is 0 Å². The lowest BCUT2D eigenvalue weighted by molar-refractivity contribution is 0.0526. The highest BCUT2D eigenvalue weighted by molar-refractivity contribution is 5.89. The first-order chi connectivity index (χ1) is 13.9. The minimum absolute atomic E-state index is 0.153. The number of aryl methyl sites for hydroxylation is 1. The van der Waals surface area contributed by atoms with Gasteiger partial charge in [-0.1, -0.05) is 37.8 Å². The van der Waals surface area contributed by atoms with Crippen LogP contribution in [0.3, 0.4) is 0 Å². The highest BCUT2D eigenvalue weighted by Crippen LogP contribution is 2.19. The first kappa shape index (κ1) is 22.6. The predicted octanol–water partition coefficient (Wildman–Crippen LogP) is 5.01. The van der Waals surface area contributed by atoms with Gasteiger partial charge >= 0.3 is 5.97 Å². The largest absolute Gasteiger partial charge is 0.462 e. The van der Waals surface area contributed by atoms with Crippen molar-refractivity contribution in [2.75, 3.05) is 6.61 Å². The fourth-order valence-corrected chi connectivity index (χ4v) is 3.07. The summed E-state index contributed by atoms with van der Waals surface area (Å²) in [6.07, 6.45) is 1.47. The lowest BCUT2D eigenvalue weighted by atomic mass is 9.89. The molecule has 0 saturated carbocycles. The van der Waals surface area contributed by atoms with E-state index >= 15 is 0 Å². The van der Waals surface area contributed by atoms with Gasteiger partial charge < -0.3 is 9.84 Å². The van der Waals surface area contributed by atoms with E-state index in [1.54, 1.807) is 43.3 Å². The normalized spacial score (nSPS) is 12.8. The molecule has 2 aromatic rings. The Kier molecular flexibility index (Phi) is 8.89. The van der Waals surface area contributed by atoms with Crippen LogP contribution in [-0.4, -0.2) is 23.8 Å². The first-order valence-electron chi connectivity index (χ1n) is 10.1. The third-order valence-corrected chi connectivity index (χ3v) is 4.63. The molecule has 154 valence electrons. The molecule has 0 aliphatic heterocycles. The number of aliphatic hydroxyl groups excluding tert-OH is 1. The number of carbonyl (C=O) groups is 1. The Bertz CT molecular complexity index is 829. The summed E-state index contributed by atoms with van der Waals surface area (Å²) >= 11 is 0. The number of benzene rings is 2. The van der Waals surface area contributed by atoms with Crippen molar-refractivity contribution in [2.24, 2.45) is 11.8 Å². The lowest BCUT2D eigenvalue weighted by Crippen LogP contribution is -2.21. The molecule has 0 radical (unpaired) electrons. The van der Waals surface area contributed by atoms with Crippen LogP contribution in [-0.2, 0) is 11.2 Å². The van der Waals surface area contributed by atoms with Crippen molar-refractivity contribution in [3.8, 4) is 11.8 Å². The maximum absolute atomic E-state index is 13.0. The summed E-state index contributed by atoms with van der Waals surface area (Å²) in [6, 6.07) is 13.3. The second-order valence-corrected chi connectivity index (χ2v) is 7.54. The topological polar surface area (TPSA) is 46.5 Å². The van der Waals surface area contributed by atoms with Gasteiger partial charge in [-0.3, -0.25) is 0 Å². The molecule has 0 bridgehead atoms. The van der Waals surface area contributed by atoms with E-state index in [2.05, 4.69) is 25.7 Å². The van der Waals surface area contributed by atoms with Crippen LogP contribution in [0.15, 0.2) is 48.5 Å². The molecule has 3 nitrogen and oxygen atoms in total. The summed E-state index contributed by atoms with van der Waals surface area (Å²) in [7, 11) is 0. The van der Waals surface area contributed by atoms with Gasteiger partial charge in [0.15, 0.2) is 0 Å². The average Bonchev–Trinajstić information content (AvgIpc) is 2.70. The zero-order valence-electron chi connectivity index (χ0n) is 17.3. The van der Waals surface area contributed by atoms with E-state index in [4.69, 9.17) is 4.74 Å². The van der Waals surface area contributed by atoms with E-state index in [1.165, 1.54) is 12.1 Å². The van der Waals surface area contributed by atoms with Crippen LogP contribution in [0.25, 0.3) is 0 Å². The average molecular weight is 397 g/mol. The van der Waals surface area contributed by atoms with E-state index in [0.29, 0.717) is 30.9 Å². The number of hydrogen-bond acceptors (Lipinski definition) is 3. The van der Waals surface area contributed by atoms with Gasteiger partial charge in [0, 0.05) is 11.5 Å². The van der Waals surface area contributed by atoms with Crippen molar-refractivity contribution in [1.29, 1.82) is 0 Å². The number of esters is 1. The maximum atomic E-state index is 13.0. The molecule has 0 aliphatic rings. The molecule has 2 atom stereocenters. The number of ether oxygens (including phenoxy) is 1. The predicted molar refractivity (Wildman–Crippen MR) is 113 cm³/mol. The highest BCUT2D eigenvalue weighted by Gasteiger charge is 2.18. The van der Waals surface area contributed by atoms with Crippen LogP contribution < -0.4 is 0 Å². The van der Waals surface area contributed by atoms with Crippen LogP contribution in [0.5, 0.6) is 0 Å². The van der Waals surface area contributed by atoms with Crippen molar-refractivity contribution >= 4 is 5.97 Å². The molecule has 0 aromatic heterocycles. The van der Waals surface area contributed by atoms with Gasteiger partial charge in [0.2, 0.25) is 0 Å². The third kappa shape index (κ3) is 7.71. The van der Waals surface area contributed by atoms with Crippen molar-refractivity contribution in [2.45, 2.75) is 46.1 Å². The van der Waals surface area contributed by atoms with Crippen LogP contribution in [0.2, 0.25) is 0 Å². The third-order valence-electron chi connectivity index (χ3n) is 4.63. The minimum atomic E-state index is -0.561. The molecule has 29 heavy (non-hydrogen) atoms. The second-order valence-electron chi connectivity index (χ2n) is 7.54. The molecule has 0 fully saturated rings. The Balaban J connectivity index is 2.04. The maximum Gasteiger partial charge on any atom is 0.338 e. The zero-order valence-corrected chi connectivity index (χ0v) is 17.3. The molecule has 0 spiro atoms. The molecule has 1 N–H and O–H groups in total. The summed E-state index contributed by atoms with van der Waals surface area (Å²) < 4.78 is 18.0. The van der Waals surface area contributed by atoms with Crippen LogP contribution in [0.1, 0.15) is 55.1 Å². The van der Waals surface area contributed by atoms with Crippen molar-refractivity contribution in [1.82, 2.24) is 0 Å². The quantitative estimate of drug-likeness (QED) is 0.504. The minimum Gasteiger partial charge on any atom is -0.462 e. The van der Waals surface area contributed by atoms with E-state index in [9.17, 15) is 14.3 Å². The molecule has 2 aromatic carbocycles. The van der Waals surface area contributed by atoms with Gasteiger partial charge in [-0.2, -0.15) is 0 Å². The standard InChI is InChI=1S/C25H29FO3/c1-4-29-25(28)21-11-5-19(6-12-21)7-13-22(17-18(2)3)24(27)16-10-20-8-14-23(26)15-9-20/h5-6,8-9,11-12,14-15,18,22,24,27H,4,10,16-17H2,1-3H3/t22-,24-/m1/s1. The second kappa shape index (κ2) is 11.4. The Morgan fingerprint density at radius 1 is 1.10 bits per heavy atom. The molecule has 4 heteroatoms. The Morgan fingerprint density at radius 2 is 1.76 bits per heavy atom. The lowest BCUT2D eigenvalue weighted by Gasteiger charge is -2.20. The van der Waals surface area contributed by atoms with Gasteiger partial charge in [-0.15, -0.1) is 0 Å². The van der Waals surface area contributed by atoms with Crippen LogP contribution in [0, 0.1) is 29.5 Å². The highest BCUT2D eigenvalue weighted by atomic mass is 19.1. The molecule has 2 rings (SSSR count). The van der Waals surface area contributed by atoms with Crippen molar-refractivity contribution in [3.05, 3.63) is 71.0 Å². The molecule has 0 unspecified atom stereocenters. The number of halogens is 1. The SMILES string of the molecule is CCOC(=O)c1ccc(C#C[C@H](CC(C)C)[C@H](O)CCc2ccc(F)cc2)cc1. The van der Waals surface area contributed by atoms with E-state index in [1.807, 2.05) is 0 Å². The summed E-state index contributed by atoms with van der Waals surface area (Å²) in [4.78, 5) is 11.7. The fourth-order valence-electron chi connectivity index (χ4n) is 3.07. The number of carbonyl (C=O) groups excluding carboxylic acids is 1.